The van der Waals surface area contributed by atoms with Gasteiger partial charge in [-0.1, -0.05) is 36.4 Å². The lowest BCUT2D eigenvalue weighted by molar-refractivity contribution is 0.216. The van der Waals surface area contributed by atoms with Crippen molar-refractivity contribution in [1.82, 2.24) is 13.3 Å². The smallest absolute Gasteiger partial charge is 0.308 e. The zero-order valence-electron chi connectivity index (χ0n) is 12.8. The molecule has 0 amide bonds. The van der Waals surface area contributed by atoms with Gasteiger partial charge in [0.15, 0.2) is 0 Å². The van der Waals surface area contributed by atoms with Crippen LogP contribution in [0.2, 0.25) is 0 Å². The Bertz CT molecular complexity index is 948. The molecule has 0 radical (unpaired) electrons. The molecule has 23 heavy (non-hydrogen) atoms. The van der Waals surface area contributed by atoms with Gasteiger partial charge in [-0.05, 0) is 22.4 Å². The molecule has 0 saturated carbocycles. The standard InChI is InChI=1S/C16H17N3O3S/c1-18(2)23(21,22)19-10-15(17-11-19)16(20)14-8-7-12-5-3-4-6-13(12)9-14/h3-11,16,20H,1-2H3. The van der Waals surface area contributed by atoms with Gasteiger partial charge >= 0.3 is 10.2 Å². The van der Waals surface area contributed by atoms with E-state index in [0.717, 1.165) is 19.1 Å². The van der Waals surface area contributed by atoms with Gasteiger partial charge in [0.1, 0.15) is 12.4 Å². The average Bonchev–Trinajstić information content (AvgIpc) is 3.04. The Hall–Kier alpha value is -2.22. The lowest BCUT2D eigenvalue weighted by Gasteiger charge is -2.11. The fourth-order valence-electron chi connectivity index (χ4n) is 2.33. The van der Waals surface area contributed by atoms with Crippen molar-refractivity contribution in [3.05, 3.63) is 66.2 Å². The van der Waals surface area contributed by atoms with Gasteiger partial charge in [-0.3, -0.25) is 0 Å². The van der Waals surface area contributed by atoms with Gasteiger partial charge in [-0.15, -0.1) is 0 Å². The van der Waals surface area contributed by atoms with E-state index in [4.69, 9.17) is 0 Å². The quantitative estimate of drug-likeness (QED) is 0.790. The predicted octanol–water partition coefficient (Wildman–Crippen LogP) is 1.77. The Morgan fingerprint density at radius 2 is 1.83 bits per heavy atom. The van der Waals surface area contributed by atoms with Crippen LogP contribution in [0.15, 0.2) is 55.0 Å². The molecule has 7 heteroatoms. The minimum absolute atomic E-state index is 0.283. The number of hydrogen-bond acceptors (Lipinski definition) is 4. The number of nitrogens with zero attached hydrogens (tertiary/aromatic N) is 3. The van der Waals surface area contributed by atoms with E-state index in [1.54, 1.807) is 0 Å². The van der Waals surface area contributed by atoms with E-state index in [1.807, 2.05) is 42.5 Å². The lowest BCUT2D eigenvalue weighted by Crippen LogP contribution is -2.27. The zero-order valence-corrected chi connectivity index (χ0v) is 13.6. The van der Waals surface area contributed by atoms with E-state index in [2.05, 4.69) is 4.98 Å². The van der Waals surface area contributed by atoms with Crippen LogP contribution in [0.5, 0.6) is 0 Å². The molecule has 0 aliphatic carbocycles. The first-order valence-electron chi connectivity index (χ1n) is 7.03. The van der Waals surface area contributed by atoms with E-state index in [9.17, 15) is 13.5 Å². The van der Waals surface area contributed by atoms with Crippen molar-refractivity contribution in [3.8, 4) is 0 Å². The van der Waals surface area contributed by atoms with Gasteiger partial charge in [-0.25, -0.2) is 8.96 Å². The highest BCUT2D eigenvalue weighted by molar-refractivity contribution is 7.87. The molecule has 0 fully saturated rings. The number of aliphatic hydroxyl groups is 1. The molecule has 1 aromatic heterocycles. The Morgan fingerprint density at radius 3 is 2.52 bits per heavy atom. The van der Waals surface area contributed by atoms with Crippen molar-refractivity contribution in [1.29, 1.82) is 0 Å². The molecule has 120 valence electrons. The number of rotatable bonds is 4. The van der Waals surface area contributed by atoms with Crippen molar-refractivity contribution in [2.75, 3.05) is 14.1 Å². The molecule has 1 N–H and O–H groups in total. The Balaban J connectivity index is 1.96. The molecule has 2 aromatic carbocycles. The molecule has 0 saturated heterocycles. The van der Waals surface area contributed by atoms with Crippen LogP contribution in [0.3, 0.4) is 0 Å². The molecule has 6 nitrogen and oxygen atoms in total. The van der Waals surface area contributed by atoms with E-state index in [-0.39, 0.29) is 5.69 Å². The molecule has 0 aliphatic heterocycles. The van der Waals surface area contributed by atoms with Gasteiger partial charge < -0.3 is 5.11 Å². The van der Waals surface area contributed by atoms with E-state index < -0.39 is 16.3 Å². The van der Waals surface area contributed by atoms with E-state index >= 15 is 0 Å². The molecule has 1 heterocycles. The van der Waals surface area contributed by atoms with Crippen LogP contribution < -0.4 is 0 Å². The largest absolute Gasteiger partial charge is 0.382 e. The lowest BCUT2D eigenvalue weighted by atomic mass is 10.0. The maximum Gasteiger partial charge on any atom is 0.308 e. The first-order chi connectivity index (χ1) is 10.9. The summed E-state index contributed by atoms with van der Waals surface area (Å²) in [5.74, 6) is 0. The maximum atomic E-state index is 12.0. The second kappa shape index (κ2) is 5.77. The van der Waals surface area contributed by atoms with Gasteiger partial charge in [-0.2, -0.15) is 12.7 Å². The molecule has 0 spiro atoms. The van der Waals surface area contributed by atoms with Gasteiger partial charge in [0.05, 0.1) is 5.69 Å². The highest BCUT2D eigenvalue weighted by Gasteiger charge is 2.20. The number of benzene rings is 2. The average molecular weight is 331 g/mol. The van der Waals surface area contributed by atoms with Crippen molar-refractivity contribution in [2.45, 2.75) is 6.10 Å². The molecule has 3 rings (SSSR count). The summed E-state index contributed by atoms with van der Waals surface area (Å²) in [6.07, 6.45) is 1.53. The summed E-state index contributed by atoms with van der Waals surface area (Å²) in [7, 11) is -0.752. The number of hydrogen-bond donors (Lipinski definition) is 1. The SMILES string of the molecule is CN(C)S(=O)(=O)n1cnc(C(O)c2ccc3ccccc3c2)c1. The minimum Gasteiger partial charge on any atom is -0.382 e. The Kier molecular flexibility index (Phi) is 3.93. The van der Waals surface area contributed by atoms with Crippen molar-refractivity contribution >= 4 is 21.0 Å². The summed E-state index contributed by atoms with van der Waals surface area (Å²) in [6.45, 7) is 0. The molecule has 3 aromatic rings. The Morgan fingerprint density at radius 1 is 1.13 bits per heavy atom. The van der Waals surface area contributed by atoms with Crippen LogP contribution in [-0.2, 0) is 10.2 Å². The summed E-state index contributed by atoms with van der Waals surface area (Å²) in [5, 5.41) is 12.6. The van der Waals surface area contributed by atoms with Crippen LogP contribution in [0.25, 0.3) is 10.8 Å². The third-order valence-electron chi connectivity index (χ3n) is 3.68. The third-order valence-corrected chi connectivity index (χ3v) is 5.33. The summed E-state index contributed by atoms with van der Waals surface area (Å²) in [5.41, 5.74) is 0.946. The highest BCUT2D eigenvalue weighted by Crippen LogP contribution is 2.24. The number of aliphatic hydroxyl groups excluding tert-OH is 1. The van der Waals surface area contributed by atoms with Gasteiger partial charge in [0.25, 0.3) is 0 Å². The number of imidazole rings is 1. The van der Waals surface area contributed by atoms with Crippen molar-refractivity contribution in [3.63, 3.8) is 0 Å². The number of fused-ring (bicyclic) bond motifs is 1. The normalized spacial score (nSPS) is 13.6. The first-order valence-corrected chi connectivity index (χ1v) is 8.43. The van der Waals surface area contributed by atoms with E-state index in [0.29, 0.717) is 5.56 Å². The number of aromatic nitrogens is 2. The van der Waals surface area contributed by atoms with Gasteiger partial charge in [0.2, 0.25) is 0 Å². The second-order valence-corrected chi connectivity index (χ2v) is 7.48. The van der Waals surface area contributed by atoms with E-state index in [1.165, 1.54) is 26.6 Å². The summed E-state index contributed by atoms with van der Waals surface area (Å²) >= 11 is 0. The molecule has 1 unspecified atom stereocenters. The van der Waals surface area contributed by atoms with Crippen LogP contribution in [0, 0.1) is 0 Å². The molecule has 0 aliphatic rings. The minimum atomic E-state index is -3.63. The van der Waals surface area contributed by atoms with Crippen LogP contribution >= 0.6 is 0 Å². The van der Waals surface area contributed by atoms with Gasteiger partial charge in [0, 0.05) is 20.3 Å². The summed E-state index contributed by atoms with van der Waals surface area (Å²) in [6, 6.07) is 13.4. The second-order valence-electron chi connectivity index (χ2n) is 5.43. The highest BCUT2D eigenvalue weighted by atomic mass is 32.2. The van der Waals surface area contributed by atoms with Crippen molar-refractivity contribution < 1.29 is 13.5 Å². The Labute approximate surface area is 134 Å². The molecule has 0 bridgehead atoms. The predicted molar refractivity (Wildman–Crippen MR) is 88.2 cm³/mol. The van der Waals surface area contributed by atoms with Crippen molar-refractivity contribution in [2.24, 2.45) is 0 Å². The van der Waals surface area contributed by atoms with Crippen LogP contribution in [-0.4, -0.2) is 40.9 Å². The molecular formula is C16H17N3O3S. The van der Waals surface area contributed by atoms with Crippen LogP contribution in [0.4, 0.5) is 0 Å². The molecular weight excluding hydrogens is 314 g/mol. The topological polar surface area (TPSA) is 75.4 Å². The monoisotopic (exact) mass is 331 g/mol. The maximum absolute atomic E-state index is 12.0. The third kappa shape index (κ3) is 2.86. The van der Waals surface area contributed by atoms with Crippen LogP contribution in [0.1, 0.15) is 17.4 Å². The molecule has 1 atom stereocenters. The first kappa shape index (κ1) is 15.7. The summed E-state index contributed by atoms with van der Waals surface area (Å²) in [4.78, 5) is 4.03. The summed E-state index contributed by atoms with van der Waals surface area (Å²) < 4.78 is 26.2. The fourth-order valence-corrected chi connectivity index (χ4v) is 3.11. The zero-order chi connectivity index (χ0) is 16.6. The fraction of sp³-hybridized carbons (Fsp3) is 0.188.